The van der Waals surface area contributed by atoms with E-state index >= 15 is 0 Å². The van der Waals surface area contributed by atoms with Crippen LogP contribution >= 0.6 is 23.2 Å². The van der Waals surface area contributed by atoms with Crippen molar-refractivity contribution in [3.8, 4) is 0 Å². The smallest absolute Gasteiger partial charge is 0.330 e. The first kappa shape index (κ1) is 17.5. The number of methoxy groups -OCH3 is 1. The minimum Gasteiger partial charge on any atom is -0.466 e. The lowest BCUT2D eigenvalue weighted by molar-refractivity contribution is -0.134. The van der Waals surface area contributed by atoms with Gasteiger partial charge >= 0.3 is 5.97 Å². The Hall–Kier alpha value is -2.37. The van der Waals surface area contributed by atoms with Gasteiger partial charge in [0.05, 0.1) is 24.9 Å². The molecule has 0 atom stereocenters. The van der Waals surface area contributed by atoms with Crippen molar-refractivity contribution in [2.75, 3.05) is 7.11 Å². The minimum atomic E-state index is -0.486. The molecule has 1 aromatic heterocycles. The van der Waals surface area contributed by atoms with E-state index in [9.17, 15) is 9.18 Å². The lowest BCUT2D eigenvalue weighted by Crippen LogP contribution is -2.04. The minimum absolute atomic E-state index is 0.200. The highest BCUT2D eigenvalue weighted by atomic mass is 35.5. The molecule has 0 unspecified atom stereocenters. The van der Waals surface area contributed by atoms with Crippen LogP contribution in [-0.2, 0) is 16.1 Å². The number of hydrogen-bond donors (Lipinski definition) is 0. The Labute approximate surface area is 153 Å². The van der Waals surface area contributed by atoms with E-state index in [4.69, 9.17) is 23.2 Å². The summed E-state index contributed by atoms with van der Waals surface area (Å²) in [6.45, 7) is 0.200. The normalized spacial score (nSPS) is 11.4. The summed E-state index contributed by atoms with van der Waals surface area (Å²) in [6.07, 6.45) is 2.83. The molecule has 1 heterocycles. The molecule has 0 bridgehead atoms. The zero-order valence-corrected chi connectivity index (χ0v) is 14.7. The number of esters is 1. The average molecular weight is 379 g/mol. The van der Waals surface area contributed by atoms with Crippen molar-refractivity contribution in [3.63, 3.8) is 0 Å². The second-order valence-corrected chi connectivity index (χ2v) is 6.17. The van der Waals surface area contributed by atoms with Gasteiger partial charge in [0, 0.05) is 27.1 Å². The Bertz CT molecular complexity index is 983. The summed E-state index contributed by atoms with van der Waals surface area (Å²) >= 11 is 11.9. The molecule has 0 amide bonds. The third-order valence-electron chi connectivity index (χ3n) is 3.66. The maximum Gasteiger partial charge on any atom is 0.330 e. The van der Waals surface area contributed by atoms with Crippen molar-refractivity contribution < 1.29 is 13.9 Å². The second-order valence-electron chi connectivity index (χ2n) is 5.30. The molecule has 4 nitrogen and oxygen atoms in total. The molecule has 0 aliphatic rings. The van der Waals surface area contributed by atoms with Crippen LogP contribution in [0.5, 0.6) is 0 Å². The van der Waals surface area contributed by atoms with E-state index in [0.717, 1.165) is 10.9 Å². The van der Waals surface area contributed by atoms with Gasteiger partial charge in [0.25, 0.3) is 0 Å². The first-order chi connectivity index (χ1) is 12.0. The highest BCUT2D eigenvalue weighted by Crippen LogP contribution is 2.25. The third-order valence-corrected chi connectivity index (χ3v) is 4.13. The van der Waals surface area contributed by atoms with Crippen molar-refractivity contribution in [2.45, 2.75) is 6.54 Å². The summed E-state index contributed by atoms with van der Waals surface area (Å²) in [5.41, 5.74) is 1.73. The number of rotatable bonds is 4. The van der Waals surface area contributed by atoms with Crippen LogP contribution in [0.15, 0.2) is 42.5 Å². The van der Waals surface area contributed by atoms with Crippen LogP contribution in [0, 0.1) is 5.82 Å². The molecule has 0 saturated carbocycles. The van der Waals surface area contributed by atoms with Gasteiger partial charge in [0.15, 0.2) is 0 Å². The Morgan fingerprint density at radius 3 is 2.68 bits per heavy atom. The van der Waals surface area contributed by atoms with E-state index in [1.807, 2.05) is 0 Å². The van der Waals surface area contributed by atoms with Gasteiger partial charge < -0.3 is 4.74 Å². The topological polar surface area (TPSA) is 44.1 Å². The number of hydrogen-bond acceptors (Lipinski definition) is 3. The Morgan fingerprint density at radius 1 is 1.24 bits per heavy atom. The number of nitrogens with zero attached hydrogens (tertiary/aromatic N) is 2. The quantitative estimate of drug-likeness (QED) is 0.487. The maximum absolute atomic E-state index is 14.1. The van der Waals surface area contributed by atoms with Crippen LogP contribution in [0.2, 0.25) is 10.0 Å². The summed E-state index contributed by atoms with van der Waals surface area (Å²) in [7, 11) is 1.30. The summed E-state index contributed by atoms with van der Waals surface area (Å²) < 4.78 is 20.3. The van der Waals surface area contributed by atoms with Crippen LogP contribution in [0.4, 0.5) is 4.39 Å². The molecule has 0 saturated heterocycles. The summed E-state index contributed by atoms with van der Waals surface area (Å²) in [5, 5.41) is 6.12. The zero-order valence-electron chi connectivity index (χ0n) is 13.2. The van der Waals surface area contributed by atoms with Crippen LogP contribution < -0.4 is 0 Å². The highest BCUT2D eigenvalue weighted by molar-refractivity contribution is 6.31. The van der Waals surface area contributed by atoms with E-state index in [-0.39, 0.29) is 6.54 Å². The predicted octanol–water partition coefficient (Wildman–Crippen LogP) is 4.72. The average Bonchev–Trinajstić information content (AvgIpc) is 2.92. The molecule has 0 aliphatic heterocycles. The summed E-state index contributed by atoms with van der Waals surface area (Å²) in [4.78, 5) is 11.3. The summed E-state index contributed by atoms with van der Waals surface area (Å²) in [5.74, 6) is -0.898. The molecule has 3 aromatic rings. The van der Waals surface area contributed by atoms with Crippen LogP contribution in [0.1, 0.15) is 11.3 Å². The van der Waals surface area contributed by atoms with Gasteiger partial charge in [-0.05, 0) is 36.4 Å². The first-order valence-electron chi connectivity index (χ1n) is 7.34. The molecule has 0 radical (unpaired) electrons. The van der Waals surface area contributed by atoms with E-state index in [0.29, 0.717) is 21.3 Å². The molecule has 2 aromatic carbocycles. The van der Waals surface area contributed by atoms with Crippen molar-refractivity contribution in [3.05, 3.63) is 69.6 Å². The SMILES string of the molecule is COC(=O)C=Cc1nn(Cc2ccc(Cl)cc2F)c2cc(Cl)ccc12. The van der Waals surface area contributed by atoms with Crippen molar-refractivity contribution in [2.24, 2.45) is 0 Å². The molecule has 0 aliphatic carbocycles. The fourth-order valence-corrected chi connectivity index (χ4v) is 2.77. The Kier molecular flexibility index (Phi) is 5.06. The van der Waals surface area contributed by atoms with Gasteiger partial charge in [-0.2, -0.15) is 5.10 Å². The zero-order chi connectivity index (χ0) is 18.0. The molecule has 3 rings (SSSR count). The number of halogens is 3. The van der Waals surface area contributed by atoms with Gasteiger partial charge in [0.2, 0.25) is 0 Å². The number of carbonyl (C=O) groups is 1. The fraction of sp³-hybridized carbons (Fsp3) is 0.111. The Morgan fingerprint density at radius 2 is 1.96 bits per heavy atom. The maximum atomic E-state index is 14.1. The molecule has 7 heteroatoms. The van der Waals surface area contributed by atoms with Crippen LogP contribution in [0.25, 0.3) is 17.0 Å². The lowest BCUT2D eigenvalue weighted by Gasteiger charge is -2.06. The third kappa shape index (κ3) is 3.83. The van der Waals surface area contributed by atoms with E-state index in [2.05, 4.69) is 9.84 Å². The highest BCUT2D eigenvalue weighted by Gasteiger charge is 2.12. The number of fused-ring (bicyclic) bond motifs is 1. The first-order valence-corrected chi connectivity index (χ1v) is 8.09. The van der Waals surface area contributed by atoms with Crippen LogP contribution in [-0.4, -0.2) is 22.9 Å². The molecule has 0 spiro atoms. The standard InChI is InChI=1S/C18H13Cl2FN2O2/c1-25-18(24)7-6-16-14-5-4-13(20)9-17(14)23(22-16)10-11-2-3-12(19)8-15(11)21/h2-9H,10H2,1H3. The van der Waals surface area contributed by atoms with Gasteiger partial charge in [-0.25, -0.2) is 9.18 Å². The van der Waals surface area contributed by atoms with E-state index in [1.54, 1.807) is 41.1 Å². The van der Waals surface area contributed by atoms with Gasteiger partial charge in [-0.3, -0.25) is 4.68 Å². The molecule has 25 heavy (non-hydrogen) atoms. The Balaban J connectivity index is 2.06. The van der Waals surface area contributed by atoms with E-state index in [1.165, 1.54) is 19.3 Å². The fourth-order valence-electron chi connectivity index (χ4n) is 2.44. The number of ether oxygens (including phenoxy) is 1. The van der Waals surface area contributed by atoms with Gasteiger partial charge in [-0.15, -0.1) is 0 Å². The lowest BCUT2D eigenvalue weighted by atomic mass is 10.2. The largest absolute Gasteiger partial charge is 0.466 e. The monoisotopic (exact) mass is 378 g/mol. The van der Waals surface area contributed by atoms with Gasteiger partial charge in [0.1, 0.15) is 5.82 Å². The van der Waals surface area contributed by atoms with Crippen molar-refractivity contribution >= 4 is 46.2 Å². The molecule has 128 valence electrons. The van der Waals surface area contributed by atoms with Gasteiger partial charge in [-0.1, -0.05) is 29.3 Å². The van der Waals surface area contributed by atoms with Crippen molar-refractivity contribution in [1.82, 2.24) is 9.78 Å². The molecular weight excluding hydrogens is 366 g/mol. The molecule has 0 N–H and O–H groups in total. The molecular formula is C18H13Cl2FN2O2. The summed E-state index contributed by atoms with van der Waals surface area (Å²) in [6, 6.07) is 9.77. The number of carbonyl (C=O) groups excluding carboxylic acids is 1. The number of benzene rings is 2. The van der Waals surface area contributed by atoms with E-state index < -0.39 is 11.8 Å². The van der Waals surface area contributed by atoms with Crippen molar-refractivity contribution in [1.29, 1.82) is 0 Å². The van der Waals surface area contributed by atoms with Crippen LogP contribution in [0.3, 0.4) is 0 Å². The molecule has 0 fully saturated rings. The predicted molar refractivity (Wildman–Crippen MR) is 96.3 cm³/mol. The number of aromatic nitrogens is 2. The second kappa shape index (κ2) is 7.25.